The third-order valence-electron chi connectivity index (χ3n) is 7.12. The van der Waals surface area contributed by atoms with E-state index in [0.717, 1.165) is 55.5 Å². The quantitative estimate of drug-likeness (QED) is 0.488. The number of aromatic nitrogens is 1. The van der Waals surface area contributed by atoms with Gasteiger partial charge in [-0.05, 0) is 66.5 Å². The molecule has 3 aromatic rings. The van der Waals surface area contributed by atoms with Crippen molar-refractivity contribution in [3.05, 3.63) is 87.7 Å². The zero-order valence-electron chi connectivity index (χ0n) is 18.3. The monoisotopic (exact) mass is 480 g/mol. The molecule has 0 bridgehead atoms. The molecule has 4 nitrogen and oxygen atoms in total. The molecule has 1 amide bonds. The fourth-order valence-electron chi connectivity index (χ4n) is 4.90. The molecule has 1 saturated heterocycles. The second-order valence-electron chi connectivity index (χ2n) is 9.10. The average molecular weight is 481 g/mol. The van der Waals surface area contributed by atoms with E-state index >= 15 is 0 Å². The number of likely N-dealkylation sites (tertiary alicyclic amines) is 1. The van der Waals surface area contributed by atoms with Gasteiger partial charge in [0.2, 0.25) is 5.91 Å². The molecule has 0 unspecified atom stereocenters. The molecule has 5 rings (SSSR count). The molecule has 33 heavy (non-hydrogen) atoms. The van der Waals surface area contributed by atoms with Crippen LogP contribution in [-0.4, -0.2) is 34.0 Å². The normalized spacial score (nSPS) is 17.7. The van der Waals surface area contributed by atoms with Crippen molar-refractivity contribution in [1.29, 1.82) is 0 Å². The Hall–Kier alpha value is -2.40. The van der Waals surface area contributed by atoms with Crippen molar-refractivity contribution in [2.24, 2.45) is 0 Å². The number of hydrogen-bond donors (Lipinski definition) is 1. The molecule has 170 valence electrons. The molecule has 1 saturated carbocycles. The van der Waals surface area contributed by atoms with E-state index in [4.69, 9.17) is 28.3 Å². The van der Waals surface area contributed by atoms with Gasteiger partial charge in [-0.2, -0.15) is 0 Å². The summed E-state index contributed by atoms with van der Waals surface area (Å²) in [7, 11) is 0. The number of aliphatic hydroxyl groups is 1. The molecular formula is C27H26Cl2N2O2. The van der Waals surface area contributed by atoms with E-state index in [0.29, 0.717) is 21.7 Å². The Morgan fingerprint density at radius 2 is 1.67 bits per heavy atom. The van der Waals surface area contributed by atoms with E-state index < -0.39 is 5.41 Å². The van der Waals surface area contributed by atoms with Crippen molar-refractivity contribution in [2.45, 2.75) is 43.6 Å². The average Bonchev–Trinajstić information content (AvgIpc) is 3.68. The minimum Gasteiger partial charge on any atom is -0.390 e. The fraction of sp³-hybridized carbons (Fsp3) is 0.333. The molecule has 1 N–H and O–H groups in total. The highest BCUT2D eigenvalue weighted by Crippen LogP contribution is 2.51. The van der Waals surface area contributed by atoms with Crippen molar-refractivity contribution in [2.75, 3.05) is 13.1 Å². The lowest BCUT2D eigenvalue weighted by Crippen LogP contribution is -2.43. The highest BCUT2D eigenvalue weighted by Gasteiger charge is 2.53. The maximum atomic E-state index is 13.4. The molecule has 0 radical (unpaired) electrons. The molecule has 0 atom stereocenters. The minimum atomic E-state index is -0.414. The number of pyridine rings is 1. The van der Waals surface area contributed by atoms with Gasteiger partial charge in [0, 0.05) is 24.8 Å². The summed E-state index contributed by atoms with van der Waals surface area (Å²) >= 11 is 12.3. The van der Waals surface area contributed by atoms with Gasteiger partial charge in [0.25, 0.3) is 0 Å². The molecule has 6 heteroatoms. The Morgan fingerprint density at radius 1 is 0.970 bits per heavy atom. The SMILES string of the molecule is O=C(N1CCC(c2ccc(-c3ccc(CO)nc3)cc2)CC1)C1(c2ccc(Cl)c(Cl)c2)CC1. The highest BCUT2D eigenvalue weighted by molar-refractivity contribution is 6.42. The Bertz CT molecular complexity index is 1150. The number of carbonyl (C=O) groups excluding carboxylic acids is 1. The van der Waals surface area contributed by atoms with Crippen LogP contribution in [0.2, 0.25) is 10.0 Å². The number of carbonyl (C=O) groups is 1. The van der Waals surface area contributed by atoms with Crippen LogP contribution in [0.4, 0.5) is 0 Å². The van der Waals surface area contributed by atoms with E-state index in [1.807, 2.05) is 29.2 Å². The number of rotatable bonds is 5. The Morgan fingerprint density at radius 3 is 2.24 bits per heavy atom. The van der Waals surface area contributed by atoms with Crippen molar-refractivity contribution in [3.63, 3.8) is 0 Å². The van der Waals surface area contributed by atoms with Gasteiger partial charge in [-0.3, -0.25) is 9.78 Å². The summed E-state index contributed by atoms with van der Waals surface area (Å²) in [5.41, 5.74) is 4.71. The smallest absolute Gasteiger partial charge is 0.233 e. The zero-order valence-corrected chi connectivity index (χ0v) is 19.8. The van der Waals surface area contributed by atoms with E-state index in [2.05, 4.69) is 29.2 Å². The highest BCUT2D eigenvalue weighted by atomic mass is 35.5. The maximum absolute atomic E-state index is 13.4. The summed E-state index contributed by atoms with van der Waals surface area (Å²) in [5, 5.41) is 10.2. The number of hydrogen-bond acceptors (Lipinski definition) is 3. The van der Waals surface area contributed by atoms with E-state index in [1.54, 1.807) is 12.3 Å². The van der Waals surface area contributed by atoms with Crippen molar-refractivity contribution in [3.8, 4) is 11.1 Å². The van der Waals surface area contributed by atoms with Gasteiger partial charge in [0.05, 0.1) is 27.8 Å². The van der Waals surface area contributed by atoms with Crippen LogP contribution >= 0.6 is 23.2 Å². The standard InChI is InChI=1S/C27H26Cl2N2O2/c28-24-8-6-22(15-25(24)29)27(11-12-27)26(33)31-13-9-20(10-14-31)18-1-3-19(4-2-18)21-5-7-23(17-32)30-16-21/h1-8,15-16,20,32H,9-14,17H2. The first kappa shape index (κ1) is 22.4. The third kappa shape index (κ3) is 4.40. The summed E-state index contributed by atoms with van der Waals surface area (Å²) < 4.78 is 0. The number of nitrogens with zero attached hydrogens (tertiary/aromatic N) is 2. The summed E-state index contributed by atoms with van der Waals surface area (Å²) in [6, 6.07) is 18.1. The fourth-order valence-corrected chi connectivity index (χ4v) is 5.20. The summed E-state index contributed by atoms with van der Waals surface area (Å²) in [4.78, 5) is 19.7. The Labute approximate surface area is 204 Å². The number of benzene rings is 2. The van der Waals surface area contributed by atoms with Crippen molar-refractivity contribution >= 4 is 29.1 Å². The predicted molar refractivity (Wildman–Crippen MR) is 132 cm³/mol. The van der Waals surface area contributed by atoms with Crippen LogP contribution in [0.15, 0.2) is 60.8 Å². The van der Waals surface area contributed by atoms with Crippen LogP contribution in [0.3, 0.4) is 0 Å². The molecule has 2 aliphatic rings. The van der Waals surface area contributed by atoms with Crippen LogP contribution in [0, 0.1) is 0 Å². The van der Waals surface area contributed by atoms with Gasteiger partial charge in [0.15, 0.2) is 0 Å². The topological polar surface area (TPSA) is 53.4 Å². The number of amides is 1. The van der Waals surface area contributed by atoms with E-state index in [9.17, 15) is 4.79 Å². The summed E-state index contributed by atoms with van der Waals surface area (Å²) in [5.74, 6) is 0.687. The molecule has 2 fully saturated rings. The molecule has 1 aliphatic heterocycles. The van der Waals surface area contributed by atoms with Gasteiger partial charge in [-0.1, -0.05) is 59.6 Å². The molecule has 2 heterocycles. The second-order valence-corrected chi connectivity index (χ2v) is 9.91. The Kier molecular flexibility index (Phi) is 6.17. The minimum absolute atomic E-state index is 0.0466. The maximum Gasteiger partial charge on any atom is 0.233 e. The first-order valence-electron chi connectivity index (χ1n) is 11.4. The lowest BCUT2D eigenvalue weighted by molar-refractivity contribution is -0.135. The third-order valence-corrected chi connectivity index (χ3v) is 7.85. The van der Waals surface area contributed by atoms with E-state index in [-0.39, 0.29) is 12.5 Å². The molecule has 1 aliphatic carbocycles. The van der Waals surface area contributed by atoms with Gasteiger partial charge in [-0.15, -0.1) is 0 Å². The van der Waals surface area contributed by atoms with Crippen LogP contribution < -0.4 is 0 Å². The van der Waals surface area contributed by atoms with Crippen LogP contribution in [0.25, 0.3) is 11.1 Å². The van der Waals surface area contributed by atoms with Crippen LogP contribution in [0.1, 0.15) is 48.4 Å². The van der Waals surface area contributed by atoms with E-state index in [1.165, 1.54) is 5.56 Å². The number of piperidine rings is 1. The van der Waals surface area contributed by atoms with Crippen molar-refractivity contribution < 1.29 is 9.90 Å². The molecular weight excluding hydrogens is 455 g/mol. The number of halogens is 2. The molecule has 0 spiro atoms. The van der Waals surface area contributed by atoms with Gasteiger partial charge in [-0.25, -0.2) is 0 Å². The second kappa shape index (κ2) is 9.09. The lowest BCUT2D eigenvalue weighted by Gasteiger charge is -2.35. The lowest BCUT2D eigenvalue weighted by atomic mass is 9.87. The zero-order chi connectivity index (χ0) is 23.0. The van der Waals surface area contributed by atoms with Gasteiger partial charge < -0.3 is 10.0 Å². The predicted octanol–water partition coefficient (Wildman–Crippen LogP) is 5.99. The summed E-state index contributed by atoms with van der Waals surface area (Å²) in [6.07, 6.45) is 5.48. The molecule has 2 aromatic carbocycles. The van der Waals surface area contributed by atoms with Gasteiger partial charge in [0.1, 0.15) is 0 Å². The van der Waals surface area contributed by atoms with Crippen LogP contribution in [-0.2, 0) is 16.8 Å². The Balaban J connectivity index is 1.22. The first-order chi connectivity index (χ1) is 16.0. The molecule has 1 aromatic heterocycles. The van der Waals surface area contributed by atoms with Gasteiger partial charge >= 0.3 is 0 Å². The largest absolute Gasteiger partial charge is 0.390 e. The van der Waals surface area contributed by atoms with Crippen molar-refractivity contribution in [1.82, 2.24) is 9.88 Å². The first-order valence-corrected chi connectivity index (χ1v) is 12.2. The van der Waals surface area contributed by atoms with Crippen LogP contribution in [0.5, 0.6) is 0 Å². The number of aliphatic hydroxyl groups excluding tert-OH is 1. The summed E-state index contributed by atoms with van der Waals surface area (Å²) in [6.45, 7) is 1.51.